The fourth-order valence-corrected chi connectivity index (χ4v) is 0.352. The molecule has 0 bridgehead atoms. The molecule has 0 aromatic rings. The second-order valence-corrected chi connectivity index (χ2v) is 2.49. The normalized spacial score (nSPS) is 6.21. The molecule has 4 nitrogen and oxygen atoms in total. The van der Waals surface area contributed by atoms with Crippen LogP contribution in [0.5, 0.6) is 0 Å². The Morgan fingerprint density at radius 1 is 1.50 bits per heavy atom. The largest absolute Gasteiger partial charge is 0.542 e. The second kappa shape index (κ2) is 37.5. The molecule has 0 heterocycles. The minimum Gasteiger partial charge on any atom is -0.542 e. The van der Waals surface area contributed by atoms with E-state index in [1.165, 1.54) is 11.8 Å². The number of hydrogen-bond acceptors (Lipinski definition) is 5. The molecule has 0 saturated heterocycles. The Balaban J connectivity index is -0.0000000535. The van der Waals surface area contributed by atoms with E-state index in [9.17, 15) is 4.79 Å². The number of nitrogens with two attached hydrogens (primary N) is 1. The summed E-state index contributed by atoms with van der Waals surface area (Å²) >= 11 is 1.53. The first-order valence-electron chi connectivity index (χ1n) is 3.66. The molecular formula is C8H15NO3SY-2. The number of thioether (sulfide) groups is 1. The van der Waals surface area contributed by atoms with Crippen molar-refractivity contribution in [2.24, 2.45) is 5.73 Å². The molecule has 2 N–H and O–H groups in total. The van der Waals surface area contributed by atoms with Gasteiger partial charge in [0.05, 0.1) is 0 Å². The Labute approximate surface area is 115 Å². The van der Waals surface area contributed by atoms with Crippen molar-refractivity contribution in [1.29, 1.82) is 0 Å². The third-order valence-corrected chi connectivity index (χ3v) is 1.14. The van der Waals surface area contributed by atoms with Crippen molar-refractivity contribution in [3.63, 3.8) is 0 Å². The smallest absolute Gasteiger partial charge is 0.373 e. The first kappa shape index (κ1) is 23.9. The van der Waals surface area contributed by atoms with Crippen LogP contribution in [-0.4, -0.2) is 24.7 Å². The number of unbranched alkanes of at least 4 members (excludes halogenated alkanes) is 1. The molecule has 0 atom stereocenters. The van der Waals surface area contributed by atoms with Crippen molar-refractivity contribution < 1.29 is 47.1 Å². The molecule has 0 aliphatic carbocycles. The molecule has 0 aromatic carbocycles. The van der Waals surface area contributed by atoms with Crippen molar-refractivity contribution in [2.45, 2.75) is 19.8 Å². The molecule has 0 saturated carbocycles. The average molecular weight is 294 g/mol. The summed E-state index contributed by atoms with van der Waals surface area (Å²) in [4.78, 5) is 25.5. The quantitative estimate of drug-likeness (QED) is 0.775. The Hall–Kier alpha value is 0.464. The summed E-state index contributed by atoms with van der Waals surface area (Å²) in [6.07, 6.45) is 7.03. The third-order valence-electron chi connectivity index (χ3n) is 0.614. The molecule has 0 aliphatic rings. The van der Waals surface area contributed by atoms with E-state index in [-0.39, 0.29) is 38.9 Å². The summed E-state index contributed by atoms with van der Waals surface area (Å²) < 4.78 is 0. The SMILES string of the molecule is CCC[C-]=O.O=C=O.[CH2-]SCCN.[Y]. The van der Waals surface area contributed by atoms with Gasteiger partial charge < -0.3 is 22.3 Å². The summed E-state index contributed by atoms with van der Waals surface area (Å²) in [5.41, 5.74) is 5.08. The van der Waals surface area contributed by atoms with Gasteiger partial charge in [0.2, 0.25) is 0 Å². The van der Waals surface area contributed by atoms with Crippen molar-refractivity contribution in [3.05, 3.63) is 6.26 Å². The van der Waals surface area contributed by atoms with Gasteiger partial charge in [0, 0.05) is 32.7 Å². The third kappa shape index (κ3) is 82.2. The van der Waals surface area contributed by atoms with Crippen LogP contribution in [0.3, 0.4) is 0 Å². The minimum atomic E-state index is 0. The summed E-state index contributed by atoms with van der Waals surface area (Å²) in [7, 11) is 0. The standard InChI is InChI=1S/C4H7O.C3H8NS.CO2.Y/c1-2-3-4-5;1-5-3-2-4;2-1-3;/h2-3H2,1H3;1-4H2;;/q2*-1;;. The van der Waals surface area contributed by atoms with E-state index < -0.39 is 0 Å². The van der Waals surface area contributed by atoms with E-state index in [0.29, 0.717) is 6.42 Å². The van der Waals surface area contributed by atoms with Crippen LogP contribution in [0.15, 0.2) is 0 Å². The molecule has 0 unspecified atom stereocenters. The maximum atomic E-state index is 9.28. The first-order chi connectivity index (χ1) is 6.24. The van der Waals surface area contributed by atoms with Gasteiger partial charge in [0.1, 0.15) is 0 Å². The van der Waals surface area contributed by atoms with Gasteiger partial charge in [-0.2, -0.15) is 16.0 Å². The second-order valence-electron chi connectivity index (χ2n) is 1.67. The molecule has 14 heavy (non-hydrogen) atoms. The van der Waals surface area contributed by atoms with Crippen LogP contribution in [0.1, 0.15) is 19.8 Å². The average Bonchev–Trinajstić information content (AvgIpc) is 2.09. The number of hydrogen-bond donors (Lipinski definition) is 1. The van der Waals surface area contributed by atoms with E-state index in [1.54, 1.807) is 6.29 Å². The molecule has 81 valence electrons. The fraction of sp³-hybridized carbons (Fsp3) is 0.625. The summed E-state index contributed by atoms with van der Waals surface area (Å²) in [5.74, 6) is 0.972. The van der Waals surface area contributed by atoms with Crippen LogP contribution in [-0.2, 0) is 47.1 Å². The van der Waals surface area contributed by atoms with Crippen molar-refractivity contribution in [2.75, 3.05) is 12.3 Å². The molecule has 0 amide bonds. The summed E-state index contributed by atoms with van der Waals surface area (Å²) in [6.45, 7) is 2.69. The van der Waals surface area contributed by atoms with Crippen LogP contribution < -0.4 is 5.73 Å². The molecule has 0 rings (SSSR count). The topological polar surface area (TPSA) is 77.2 Å². The van der Waals surface area contributed by atoms with E-state index in [1.807, 2.05) is 6.92 Å². The van der Waals surface area contributed by atoms with Crippen molar-refractivity contribution in [3.8, 4) is 0 Å². The predicted octanol–water partition coefficient (Wildman–Crippen LogP) is 0.780. The van der Waals surface area contributed by atoms with Gasteiger partial charge in [-0.15, -0.1) is 0 Å². The molecule has 0 aliphatic heterocycles. The maximum Gasteiger partial charge on any atom is 0.373 e. The zero-order valence-corrected chi connectivity index (χ0v) is 12.0. The van der Waals surface area contributed by atoms with Crippen LogP contribution in [0, 0.1) is 6.26 Å². The molecular weight excluding hydrogens is 279 g/mol. The van der Waals surface area contributed by atoms with E-state index >= 15 is 0 Å². The van der Waals surface area contributed by atoms with E-state index in [0.717, 1.165) is 18.7 Å². The molecule has 6 heteroatoms. The van der Waals surface area contributed by atoms with Crippen LogP contribution in [0.25, 0.3) is 0 Å². The van der Waals surface area contributed by atoms with Gasteiger partial charge in [-0.05, 0) is 12.3 Å². The van der Waals surface area contributed by atoms with Crippen LogP contribution in [0.4, 0.5) is 0 Å². The Morgan fingerprint density at radius 2 is 1.93 bits per heavy atom. The first-order valence-corrected chi connectivity index (χ1v) is 4.81. The van der Waals surface area contributed by atoms with Gasteiger partial charge in [0.15, 0.2) is 0 Å². The Kier molecular flexibility index (Phi) is 64.2. The van der Waals surface area contributed by atoms with Gasteiger partial charge in [-0.1, -0.05) is 13.3 Å². The summed E-state index contributed by atoms with van der Waals surface area (Å²) in [6, 6.07) is 0. The Bertz CT molecular complexity index is 117. The van der Waals surface area contributed by atoms with E-state index in [2.05, 4.69) is 6.26 Å². The molecule has 0 spiro atoms. The maximum absolute atomic E-state index is 9.28. The zero-order chi connectivity index (χ0) is 10.9. The Morgan fingerprint density at radius 3 is 1.93 bits per heavy atom. The van der Waals surface area contributed by atoms with Crippen LogP contribution >= 0.6 is 11.8 Å². The zero-order valence-electron chi connectivity index (χ0n) is 8.32. The number of carbonyl (C=O) groups excluding carboxylic acids is 3. The predicted molar refractivity (Wildman–Crippen MR) is 52.5 cm³/mol. The van der Waals surface area contributed by atoms with Gasteiger partial charge in [-0.25, -0.2) is 0 Å². The fourth-order valence-electron chi connectivity index (χ4n) is 0.185. The monoisotopic (exact) mass is 294 g/mol. The van der Waals surface area contributed by atoms with Gasteiger partial charge in [0.25, 0.3) is 0 Å². The molecule has 0 aromatic heterocycles. The van der Waals surface area contributed by atoms with Crippen LogP contribution in [0.2, 0.25) is 0 Å². The summed E-state index contributed by atoms with van der Waals surface area (Å²) in [5, 5.41) is 0. The van der Waals surface area contributed by atoms with E-state index in [4.69, 9.17) is 15.3 Å². The molecule has 1 radical (unpaired) electrons. The van der Waals surface area contributed by atoms with Crippen molar-refractivity contribution in [1.82, 2.24) is 0 Å². The van der Waals surface area contributed by atoms with Crippen molar-refractivity contribution >= 4 is 24.2 Å². The molecule has 0 fully saturated rings. The van der Waals surface area contributed by atoms with Gasteiger partial charge >= 0.3 is 6.15 Å². The number of rotatable bonds is 4. The van der Waals surface area contributed by atoms with Gasteiger partial charge in [-0.3, -0.25) is 12.5 Å². The minimum absolute atomic E-state index is 0.